The van der Waals surface area contributed by atoms with Gasteiger partial charge in [-0.1, -0.05) is 13.8 Å². The van der Waals surface area contributed by atoms with Crippen LogP contribution in [0.15, 0.2) is 0 Å². The zero-order valence-corrected chi connectivity index (χ0v) is 8.92. The molecule has 4 heteroatoms. The first kappa shape index (κ1) is 11.0. The van der Waals surface area contributed by atoms with Gasteiger partial charge in [0.15, 0.2) is 0 Å². The van der Waals surface area contributed by atoms with Crippen LogP contribution in [0.2, 0.25) is 0 Å². The molecule has 80 valence electrons. The Hall–Kier alpha value is -1.06. The van der Waals surface area contributed by atoms with Crippen molar-refractivity contribution in [2.45, 2.75) is 27.2 Å². The van der Waals surface area contributed by atoms with Crippen LogP contribution in [-0.2, 0) is 14.3 Å². The molecule has 1 saturated carbocycles. The van der Waals surface area contributed by atoms with Gasteiger partial charge in [0.2, 0.25) is 5.91 Å². The fourth-order valence-corrected chi connectivity index (χ4v) is 1.41. The minimum atomic E-state index is -0.376. The quantitative estimate of drug-likeness (QED) is 0.678. The summed E-state index contributed by atoms with van der Waals surface area (Å²) in [6.45, 7) is 6.16. The van der Waals surface area contributed by atoms with Crippen LogP contribution in [0.1, 0.15) is 27.2 Å². The number of carbonyl (C=O) groups excluding carboxylic acids is 2. The van der Waals surface area contributed by atoms with Crippen molar-refractivity contribution in [2.24, 2.45) is 11.3 Å². The van der Waals surface area contributed by atoms with Crippen molar-refractivity contribution in [2.75, 3.05) is 13.2 Å². The summed E-state index contributed by atoms with van der Waals surface area (Å²) in [5, 5.41) is 2.57. The average molecular weight is 199 g/mol. The van der Waals surface area contributed by atoms with Crippen molar-refractivity contribution in [1.29, 1.82) is 0 Å². The SMILES string of the molecule is CCOC(=O)CNC(=O)C1CC1(C)C. The molecule has 0 bridgehead atoms. The van der Waals surface area contributed by atoms with E-state index in [0.717, 1.165) is 6.42 Å². The second-order valence-corrected chi connectivity index (χ2v) is 4.27. The predicted molar refractivity (Wildman–Crippen MR) is 51.5 cm³/mol. The molecule has 0 heterocycles. The lowest BCUT2D eigenvalue weighted by Crippen LogP contribution is -2.32. The zero-order valence-electron chi connectivity index (χ0n) is 8.92. The summed E-state index contributed by atoms with van der Waals surface area (Å²) in [6, 6.07) is 0. The molecule has 1 fully saturated rings. The van der Waals surface area contributed by atoms with Crippen molar-refractivity contribution in [3.05, 3.63) is 0 Å². The molecule has 0 aliphatic heterocycles. The Morgan fingerprint density at radius 2 is 2.07 bits per heavy atom. The standard InChI is InChI=1S/C10H17NO3/c1-4-14-8(12)6-11-9(13)7-5-10(7,2)3/h7H,4-6H2,1-3H3,(H,11,13). The maximum absolute atomic E-state index is 11.4. The summed E-state index contributed by atoms with van der Waals surface area (Å²) < 4.78 is 4.69. The summed E-state index contributed by atoms with van der Waals surface area (Å²) in [4.78, 5) is 22.3. The number of nitrogens with one attached hydrogen (secondary N) is 1. The third-order valence-electron chi connectivity index (χ3n) is 2.54. The van der Waals surface area contributed by atoms with Gasteiger partial charge in [-0.05, 0) is 18.8 Å². The normalized spacial score (nSPS) is 22.6. The number of ether oxygens (including phenoxy) is 1. The van der Waals surface area contributed by atoms with E-state index >= 15 is 0 Å². The third kappa shape index (κ3) is 2.72. The maximum atomic E-state index is 11.4. The molecule has 1 unspecified atom stereocenters. The largest absolute Gasteiger partial charge is 0.465 e. The summed E-state index contributed by atoms with van der Waals surface area (Å²) >= 11 is 0. The second-order valence-electron chi connectivity index (χ2n) is 4.27. The molecule has 0 aromatic rings. The van der Waals surface area contributed by atoms with Gasteiger partial charge < -0.3 is 10.1 Å². The summed E-state index contributed by atoms with van der Waals surface area (Å²) in [5.41, 5.74) is 0.110. The molecule has 0 saturated heterocycles. The number of amides is 1. The van der Waals surface area contributed by atoms with E-state index in [1.807, 2.05) is 13.8 Å². The fourth-order valence-electron chi connectivity index (χ4n) is 1.41. The maximum Gasteiger partial charge on any atom is 0.325 e. The van der Waals surface area contributed by atoms with E-state index in [2.05, 4.69) is 5.32 Å². The molecule has 4 nitrogen and oxygen atoms in total. The van der Waals surface area contributed by atoms with E-state index < -0.39 is 0 Å². The zero-order chi connectivity index (χ0) is 10.8. The molecular formula is C10H17NO3. The third-order valence-corrected chi connectivity index (χ3v) is 2.54. The van der Waals surface area contributed by atoms with Gasteiger partial charge in [-0.25, -0.2) is 0 Å². The van der Waals surface area contributed by atoms with Crippen LogP contribution < -0.4 is 5.32 Å². The highest BCUT2D eigenvalue weighted by Crippen LogP contribution is 2.51. The molecular weight excluding hydrogens is 182 g/mol. The molecule has 1 N–H and O–H groups in total. The average Bonchev–Trinajstić information content (AvgIpc) is 2.72. The molecule has 14 heavy (non-hydrogen) atoms. The minimum absolute atomic E-state index is 0.0146. The van der Waals surface area contributed by atoms with E-state index in [1.54, 1.807) is 6.92 Å². The Balaban J connectivity index is 2.20. The Kier molecular flexibility index (Phi) is 3.13. The monoisotopic (exact) mass is 199 g/mol. The first-order valence-electron chi connectivity index (χ1n) is 4.90. The Morgan fingerprint density at radius 3 is 2.50 bits per heavy atom. The van der Waals surface area contributed by atoms with Gasteiger partial charge in [0.25, 0.3) is 0 Å². The molecule has 1 aliphatic carbocycles. The number of hydrogen-bond donors (Lipinski definition) is 1. The Labute approximate surface area is 84.0 Å². The Morgan fingerprint density at radius 1 is 1.50 bits per heavy atom. The number of esters is 1. The molecule has 1 amide bonds. The van der Waals surface area contributed by atoms with Crippen LogP contribution >= 0.6 is 0 Å². The van der Waals surface area contributed by atoms with E-state index in [-0.39, 0.29) is 29.8 Å². The van der Waals surface area contributed by atoms with Crippen LogP contribution in [0, 0.1) is 11.3 Å². The van der Waals surface area contributed by atoms with Crippen LogP contribution in [0.3, 0.4) is 0 Å². The smallest absolute Gasteiger partial charge is 0.325 e. The van der Waals surface area contributed by atoms with Gasteiger partial charge in [-0.3, -0.25) is 9.59 Å². The van der Waals surface area contributed by atoms with E-state index in [9.17, 15) is 9.59 Å². The molecule has 1 atom stereocenters. The summed E-state index contributed by atoms with van der Waals surface area (Å²) in [6.07, 6.45) is 0.904. The molecule has 1 rings (SSSR count). The first-order valence-corrected chi connectivity index (χ1v) is 4.90. The molecule has 1 aliphatic rings. The van der Waals surface area contributed by atoms with E-state index in [0.29, 0.717) is 6.61 Å². The molecule has 0 aromatic heterocycles. The summed E-state index contributed by atoms with van der Waals surface area (Å²) in [5.74, 6) is -0.348. The van der Waals surface area contributed by atoms with Gasteiger partial charge in [-0.2, -0.15) is 0 Å². The Bertz CT molecular complexity index is 248. The van der Waals surface area contributed by atoms with E-state index in [4.69, 9.17) is 4.74 Å². The highest BCUT2D eigenvalue weighted by atomic mass is 16.5. The first-order chi connectivity index (χ1) is 6.47. The lowest BCUT2D eigenvalue weighted by Gasteiger charge is -2.05. The number of hydrogen-bond acceptors (Lipinski definition) is 3. The number of rotatable bonds is 4. The van der Waals surface area contributed by atoms with Crippen molar-refractivity contribution in [1.82, 2.24) is 5.32 Å². The lowest BCUT2D eigenvalue weighted by molar-refractivity contribution is -0.143. The van der Waals surface area contributed by atoms with Gasteiger partial charge in [0.05, 0.1) is 6.61 Å². The van der Waals surface area contributed by atoms with Crippen molar-refractivity contribution >= 4 is 11.9 Å². The van der Waals surface area contributed by atoms with Crippen molar-refractivity contribution < 1.29 is 14.3 Å². The highest BCUT2D eigenvalue weighted by molar-refractivity contribution is 5.85. The minimum Gasteiger partial charge on any atom is -0.465 e. The van der Waals surface area contributed by atoms with Crippen LogP contribution in [0.4, 0.5) is 0 Å². The van der Waals surface area contributed by atoms with Gasteiger partial charge >= 0.3 is 5.97 Å². The van der Waals surface area contributed by atoms with Crippen molar-refractivity contribution in [3.63, 3.8) is 0 Å². The second kappa shape index (κ2) is 3.98. The van der Waals surface area contributed by atoms with Gasteiger partial charge in [-0.15, -0.1) is 0 Å². The summed E-state index contributed by atoms with van der Waals surface area (Å²) in [7, 11) is 0. The predicted octanol–water partition coefficient (Wildman–Crippen LogP) is 0.712. The van der Waals surface area contributed by atoms with Crippen LogP contribution in [-0.4, -0.2) is 25.0 Å². The van der Waals surface area contributed by atoms with Crippen LogP contribution in [0.5, 0.6) is 0 Å². The van der Waals surface area contributed by atoms with Gasteiger partial charge in [0, 0.05) is 5.92 Å². The van der Waals surface area contributed by atoms with Crippen molar-refractivity contribution in [3.8, 4) is 0 Å². The van der Waals surface area contributed by atoms with Gasteiger partial charge in [0.1, 0.15) is 6.54 Å². The lowest BCUT2D eigenvalue weighted by atomic mass is 10.1. The van der Waals surface area contributed by atoms with E-state index in [1.165, 1.54) is 0 Å². The molecule has 0 spiro atoms. The topological polar surface area (TPSA) is 55.4 Å². The molecule has 0 radical (unpaired) electrons. The number of carbonyl (C=O) groups is 2. The highest BCUT2D eigenvalue weighted by Gasteiger charge is 2.50. The molecule has 0 aromatic carbocycles. The van der Waals surface area contributed by atoms with Crippen LogP contribution in [0.25, 0.3) is 0 Å². The fraction of sp³-hybridized carbons (Fsp3) is 0.800.